The van der Waals surface area contributed by atoms with Crippen LogP contribution in [-0.4, -0.2) is 69.7 Å². The van der Waals surface area contributed by atoms with Gasteiger partial charge in [-0.1, -0.05) is 29.5 Å². The Bertz CT molecular complexity index is 1230. The molecule has 9 nitrogen and oxygen atoms in total. The van der Waals surface area contributed by atoms with E-state index in [1.807, 2.05) is 23.1 Å². The number of thioether (sulfide) groups is 1. The molecule has 170 valence electrons. The van der Waals surface area contributed by atoms with Crippen molar-refractivity contribution in [2.75, 3.05) is 37.6 Å². The first-order valence-electron chi connectivity index (χ1n) is 11.0. The molecule has 3 aliphatic heterocycles. The van der Waals surface area contributed by atoms with Crippen LogP contribution >= 0.6 is 11.8 Å². The Balaban J connectivity index is 1.23. The van der Waals surface area contributed by atoms with Crippen LogP contribution in [0.15, 0.2) is 41.6 Å². The van der Waals surface area contributed by atoms with Crippen molar-refractivity contribution in [2.24, 2.45) is 0 Å². The maximum Gasteiger partial charge on any atom is 0.237 e. The number of hydrogen-bond acceptors (Lipinski definition) is 8. The lowest BCUT2D eigenvalue weighted by molar-refractivity contribution is -0.116. The molecule has 0 radical (unpaired) electrons. The number of carbonyl (C=O) groups is 1. The molecule has 2 aromatic carbocycles. The number of nitrogens with zero attached hydrogens (tertiary/aromatic N) is 6. The first-order valence-corrected chi connectivity index (χ1v) is 12.0. The first kappa shape index (κ1) is 20.5. The standard InChI is InChI=1S/C23H24N6O3S/c1-14-3-5-18-16(9-14)17-11-27(2)8-7-19(17)28(18)22(30)12-33-23-24-25-26-29(23)15-4-6-20-21(10-15)32-13-31-20/h3-6,9-10,17,19H,7-8,11-13H2,1-2H3. The molecule has 33 heavy (non-hydrogen) atoms. The van der Waals surface area contributed by atoms with Gasteiger partial charge in [-0.05, 0) is 61.1 Å². The van der Waals surface area contributed by atoms with Crippen LogP contribution in [0.4, 0.5) is 5.69 Å². The highest BCUT2D eigenvalue weighted by molar-refractivity contribution is 7.99. The number of hydrogen-bond donors (Lipinski definition) is 0. The molecule has 0 saturated carbocycles. The van der Waals surface area contributed by atoms with Crippen LogP contribution in [0.1, 0.15) is 23.5 Å². The van der Waals surface area contributed by atoms with Gasteiger partial charge < -0.3 is 19.3 Å². The molecule has 1 amide bonds. The van der Waals surface area contributed by atoms with Crippen LogP contribution in [0.3, 0.4) is 0 Å². The second-order valence-corrected chi connectivity index (χ2v) is 9.69. The van der Waals surface area contributed by atoms with Crippen LogP contribution in [0.2, 0.25) is 0 Å². The van der Waals surface area contributed by atoms with Crippen LogP contribution in [0.25, 0.3) is 5.69 Å². The third kappa shape index (κ3) is 3.53. The molecule has 10 heteroatoms. The minimum Gasteiger partial charge on any atom is -0.454 e. The Morgan fingerprint density at radius 2 is 2.06 bits per heavy atom. The zero-order chi connectivity index (χ0) is 22.5. The van der Waals surface area contributed by atoms with E-state index in [1.54, 1.807) is 4.68 Å². The molecule has 2 atom stereocenters. The number of likely N-dealkylation sites (tertiary alicyclic amines) is 1. The van der Waals surface area contributed by atoms with Gasteiger partial charge in [-0.25, -0.2) is 0 Å². The number of piperidine rings is 1. The molecule has 6 rings (SSSR count). The number of ether oxygens (including phenoxy) is 2. The lowest BCUT2D eigenvalue weighted by Gasteiger charge is -2.36. The number of anilines is 1. The number of fused-ring (bicyclic) bond motifs is 4. The summed E-state index contributed by atoms with van der Waals surface area (Å²) in [4.78, 5) is 17.9. The smallest absolute Gasteiger partial charge is 0.237 e. The van der Waals surface area contributed by atoms with Gasteiger partial charge in [0, 0.05) is 30.3 Å². The Labute approximate surface area is 195 Å². The Hall–Kier alpha value is -3.11. The number of aromatic nitrogens is 4. The van der Waals surface area contributed by atoms with Gasteiger partial charge in [0.15, 0.2) is 11.5 Å². The van der Waals surface area contributed by atoms with Crippen molar-refractivity contribution >= 4 is 23.4 Å². The van der Waals surface area contributed by atoms with Crippen molar-refractivity contribution in [3.8, 4) is 17.2 Å². The number of benzene rings is 2. The Kier molecular flexibility index (Phi) is 4.99. The predicted molar refractivity (Wildman–Crippen MR) is 123 cm³/mol. The van der Waals surface area contributed by atoms with E-state index in [9.17, 15) is 4.79 Å². The summed E-state index contributed by atoms with van der Waals surface area (Å²) in [5.74, 6) is 2.06. The maximum absolute atomic E-state index is 13.5. The van der Waals surface area contributed by atoms with Crippen LogP contribution < -0.4 is 14.4 Å². The van der Waals surface area contributed by atoms with E-state index >= 15 is 0 Å². The van der Waals surface area contributed by atoms with E-state index in [0.717, 1.165) is 30.9 Å². The molecule has 0 aliphatic carbocycles. The third-order valence-electron chi connectivity index (χ3n) is 6.59. The minimum absolute atomic E-state index is 0.0855. The molecule has 0 N–H and O–H groups in total. The molecule has 1 aromatic heterocycles. The van der Waals surface area contributed by atoms with Crippen molar-refractivity contribution in [2.45, 2.75) is 30.5 Å². The SMILES string of the molecule is Cc1ccc2c(c1)C1CN(C)CCC1N2C(=O)CSc1nnnn1-c1ccc2c(c1)OCO2. The summed E-state index contributed by atoms with van der Waals surface area (Å²) in [7, 11) is 2.15. The summed E-state index contributed by atoms with van der Waals surface area (Å²) in [6.45, 7) is 4.28. The normalized spacial score (nSPS) is 21.2. The zero-order valence-corrected chi connectivity index (χ0v) is 19.3. The van der Waals surface area contributed by atoms with E-state index in [1.165, 1.54) is 22.9 Å². The van der Waals surface area contributed by atoms with Gasteiger partial charge in [0.2, 0.25) is 17.9 Å². The van der Waals surface area contributed by atoms with Crippen molar-refractivity contribution in [3.05, 3.63) is 47.5 Å². The summed E-state index contributed by atoms with van der Waals surface area (Å²) in [5.41, 5.74) is 4.32. The molecular formula is C23H24N6O3S. The fourth-order valence-corrected chi connectivity index (χ4v) is 5.80. The number of aryl methyl sites for hydroxylation is 1. The van der Waals surface area contributed by atoms with E-state index in [4.69, 9.17) is 9.47 Å². The van der Waals surface area contributed by atoms with E-state index in [2.05, 4.69) is 52.6 Å². The van der Waals surface area contributed by atoms with Gasteiger partial charge in [0.25, 0.3) is 0 Å². The van der Waals surface area contributed by atoms with Crippen molar-refractivity contribution in [3.63, 3.8) is 0 Å². The van der Waals surface area contributed by atoms with Crippen molar-refractivity contribution in [1.82, 2.24) is 25.1 Å². The molecule has 1 fully saturated rings. The number of tetrazole rings is 1. The van der Waals surface area contributed by atoms with E-state index in [-0.39, 0.29) is 24.5 Å². The summed E-state index contributed by atoms with van der Waals surface area (Å²) in [5, 5.41) is 12.6. The average Bonchev–Trinajstić information content (AvgIpc) is 3.54. The Morgan fingerprint density at radius 1 is 1.18 bits per heavy atom. The third-order valence-corrected chi connectivity index (χ3v) is 7.49. The van der Waals surface area contributed by atoms with Gasteiger partial charge >= 0.3 is 0 Å². The van der Waals surface area contributed by atoms with Gasteiger partial charge in [-0.15, -0.1) is 5.10 Å². The number of likely N-dealkylation sites (N-methyl/N-ethyl adjacent to an activating group) is 1. The number of carbonyl (C=O) groups excluding carboxylic acids is 1. The predicted octanol–water partition coefficient (Wildman–Crippen LogP) is 2.63. The molecule has 1 saturated heterocycles. The summed E-state index contributed by atoms with van der Waals surface area (Å²) in [6.07, 6.45) is 0.972. The molecule has 3 aromatic rings. The van der Waals surface area contributed by atoms with Gasteiger partial charge in [0.05, 0.1) is 11.4 Å². The van der Waals surface area contributed by atoms with Gasteiger partial charge in [-0.3, -0.25) is 4.79 Å². The molecular weight excluding hydrogens is 440 g/mol. The highest BCUT2D eigenvalue weighted by Gasteiger charge is 2.43. The topological polar surface area (TPSA) is 85.6 Å². The second-order valence-electron chi connectivity index (χ2n) is 8.75. The summed E-state index contributed by atoms with van der Waals surface area (Å²) >= 11 is 1.35. The minimum atomic E-state index is 0.0855. The van der Waals surface area contributed by atoms with Crippen LogP contribution in [0.5, 0.6) is 11.5 Å². The lowest BCUT2D eigenvalue weighted by atomic mass is 9.89. The van der Waals surface area contributed by atoms with Gasteiger partial charge in [-0.2, -0.15) is 4.68 Å². The number of rotatable bonds is 4. The quantitative estimate of drug-likeness (QED) is 0.545. The molecule has 3 aliphatic rings. The van der Waals surface area contributed by atoms with E-state index < -0.39 is 0 Å². The largest absolute Gasteiger partial charge is 0.454 e. The second kappa shape index (κ2) is 8.03. The maximum atomic E-state index is 13.5. The summed E-state index contributed by atoms with van der Waals surface area (Å²) in [6, 6.07) is 12.2. The monoisotopic (exact) mass is 464 g/mol. The van der Waals surface area contributed by atoms with Crippen molar-refractivity contribution in [1.29, 1.82) is 0 Å². The summed E-state index contributed by atoms with van der Waals surface area (Å²) < 4.78 is 12.5. The van der Waals surface area contributed by atoms with E-state index in [0.29, 0.717) is 22.6 Å². The molecule has 2 unspecified atom stereocenters. The van der Waals surface area contributed by atoms with Crippen molar-refractivity contribution < 1.29 is 14.3 Å². The Morgan fingerprint density at radius 3 is 2.97 bits per heavy atom. The highest BCUT2D eigenvalue weighted by Crippen LogP contribution is 2.45. The fraction of sp³-hybridized carbons (Fsp3) is 0.391. The molecule has 0 bridgehead atoms. The molecule has 4 heterocycles. The van der Waals surface area contributed by atoms with Gasteiger partial charge in [0.1, 0.15) is 0 Å². The zero-order valence-electron chi connectivity index (χ0n) is 18.5. The highest BCUT2D eigenvalue weighted by atomic mass is 32.2. The first-order chi connectivity index (χ1) is 16.1. The fourth-order valence-electron chi connectivity index (χ4n) is 5.05. The van der Waals surface area contributed by atoms with Crippen LogP contribution in [0, 0.1) is 6.92 Å². The number of amides is 1. The molecule has 0 spiro atoms. The average molecular weight is 465 g/mol. The van der Waals surface area contributed by atoms with Crippen LogP contribution in [-0.2, 0) is 4.79 Å². The lowest BCUT2D eigenvalue weighted by Crippen LogP contribution is -2.47.